The van der Waals surface area contributed by atoms with E-state index in [-0.39, 0.29) is 5.56 Å². The van der Waals surface area contributed by atoms with Gasteiger partial charge in [0.1, 0.15) is 11.6 Å². The first kappa shape index (κ1) is 10.0. The van der Waals surface area contributed by atoms with Gasteiger partial charge in [0.25, 0.3) is 0 Å². The summed E-state index contributed by atoms with van der Waals surface area (Å²) in [4.78, 5) is 0. The van der Waals surface area contributed by atoms with Gasteiger partial charge in [0.15, 0.2) is 0 Å². The average Bonchev–Trinajstić information content (AvgIpc) is 2.08. The van der Waals surface area contributed by atoms with E-state index in [0.717, 1.165) is 0 Å². The highest BCUT2D eigenvalue weighted by atomic mass is 31.0. The Hall–Kier alpha value is -0.0600. The monoisotopic (exact) mass is 206 g/mol. The molecule has 0 aromatic heterocycles. The molecule has 0 nitrogen and oxygen atoms in total. The van der Waals surface area contributed by atoms with Crippen LogP contribution in [-0.2, 0) is 0 Å². The van der Waals surface area contributed by atoms with E-state index in [1.54, 1.807) is 6.92 Å². The lowest BCUT2D eigenvalue weighted by molar-refractivity contribution is 0.578. The fourth-order valence-electron chi connectivity index (χ4n) is 0.975. The summed E-state index contributed by atoms with van der Waals surface area (Å²) in [5.74, 6) is -0.942. The van der Waals surface area contributed by atoms with Gasteiger partial charge in [-0.05, 0) is 19.4 Å². The number of hydrogen-bond acceptors (Lipinski definition) is 0. The van der Waals surface area contributed by atoms with E-state index in [4.69, 9.17) is 0 Å². The van der Waals surface area contributed by atoms with Crippen LogP contribution in [0.3, 0.4) is 0 Å². The van der Waals surface area contributed by atoms with Crippen molar-refractivity contribution in [1.29, 1.82) is 0 Å². The van der Waals surface area contributed by atoms with Crippen molar-refractivity contribution in [3.8, 4) is 0 Å². The Morgan fingerprint density at radius 1 is 0.833 bits per heavy atom. The van der Waals surface area contributed by atoms with Gasteiger partial charge in [-0.2, -0.15) is 0 Å². The molecule has 66 valence electrons. The minimum atomic E-state index is -0.471. The topological polar surface area (TPSA) is 0 Å². The standard InChI is InChI=1S/C8H10F2P2/c1-3-5(9)7(11)4(2)8(12)6(3)10/h11-12H2,1-2H3. The second-order valence-corrected chi connectivity index (χ2v) is 3.86. The summed E-state index contributed by atoms with van der Waals surface area (Å²) in [5, 5.41) is 0.887. The normalized spacial score (nSPS) is 10.5. The largest absolute Gasteiger partial charge is 0.206 e. The van der Waals surface area contributed by atoms with Crippen molar-refractivity contribution in [3.05, 3.63) is 22.8 Å². The van der Waals surface area contributed by atoms with Crippen LogP contribution in [0, 0.1) is 25.5 Å². The first-order valence-corrected chi connectivity index (χ1v) is 4.61. The smallest absolute Gasteiger partial charge is 0.136 e. The molecule has 1 aromatic rings. The van der Waals surface area contributed by atoms with Gasteiger partial charge >= 0.3 is 0 Å². The van der Waals surface area contributed by atoms with Crippen molar-refractivity contribution >= 4 is 29.1 Å². The van der Waals surface area contributed by atoms with Crippen LogP contribution in [0.5, 0.6) is 0 Å². The molecule has 2 unspecified atom stereocenters. The predicted molar refractivity (Wildman–Crippen MR) is 54.5 cm³/mol. The third-order valence-corrected chi connectivity index (χ3v) is 3.31. The molecule has 0 radical (unpaired) electrons. The van der Waals surface area contributed by atoms with Crippen molar-refractivity contribution < 1.29 is 8.78 Å². The minimum Gasteiger partial charge on any atom is -0.206 e. The van der Waals surface area contributed by atoms with Crippen LogP contribution in [0.1, 0.15) is 11.1 Å². The average molecular weight is 206 g/mol. The highest BCUT2D eigenvalue weighted by Gasteiger charge is 2.14. The van der Waals surface area contributed by atoms with E-state index in [2.05, 4.69) is 18.5 Å². The van der Waals surface area contributed by atoms with Crippen LogP contribution in [0.4, 0.5) is 8.78 Å². The van der Waals surface area contributed by atoms with Crippen molar-refractivity contribution in [1.82, 2.24) is 0 Å². The SMILES string of the molecule is Cc1c(F)c(P)c(C)c(P)c1F. The van der Waals surface area contributed by atoms with E-state index in [0.29, 0.717) is 16.2 Å². The Labute approximate surface area is 75.2 Å². The highest BCUT2D eigenvalue weighted by Crippen LogP contribution is 2.14. The Balaban J connectivity index is 3.60. The molecule has 0 aliphatic rings. The quantitative estimate of drug-likeness (QED) is 0.565. The molecule has 0 aliphatic heterocycles. The third kappa shape index (κ3) is 1.39. The first-order valence-electron chi connectivity index (χ1n) is 3.46. The Morgan fingerprint density at radius 2 is 1.17 bits per heavy atom. The maximum Gasteiger partial charge on any atom is 0.136 e. The molecule has 0 spiro atoms. The Bertz CT molecular complexity index is 229. The van der Waals surface area contributed by atoms with Gasteiger partial charge in [-0.3, -0.25) is 0 Å². The summed E-state index contributed by atoms with van der Waals surface area (Å²) in [7, 11) is 4.56. The highest BCUT2D eigenvalue weighted by molar-refractivity contribution is 7.29. The lowest BCUT2D eigenvalue weighted by atomic mass is 10.1. The van der Waals surface area contributed by atoms with Gasteiger partial charge in [-0.25, -0.2) is 8.78 Å². The van der Waals surface area contributed by atoms with Crippen molar-refractivity contribution in [2.75, 3.05) is 0 Å². The van der Waals surface area contributed by atoms with Crippen LogP contribution >= 0.6 is 18.5 Å². The molecule has 12 heavy (non-hydrogen) atoms. The molecular weight excluding hydrogens is 196 g/mol. The number of halogens is 2. The molecule has 0 bridgehead atoms. The number of rotatable bonds is 0. The van der Waals surface area contributed by atoms with E-state index in [1.807, 2.05) is 0 Å². The molecule has 0 saturated heterocycles. The summed E-state index contributed by atoms with van der Waals surface area (Å²) >= 11 is 0. The second kappa shape index (κ2) is 3.36. The van der Waals surface area contributed by atoms with Crippen molar-refractivity contribution in [2.24, 2.45) is 0 Å². The van der Waals surface area contributed by atoms with Gasteiger partial charge in [-0.1, -0.05) is 0 Å². The van der Waals surface area contributed by atoms with Crippen LogP contribution in [0.15, 0.2) is 0 Å². The minimum absolute atomic E-state index is 0.0793. The van der Waals surface area contributed by atoms with Crippen LogP contribution < -0.4 is 10.6 Å². The van der Waals surface area contributed by atoms with Gasteiger partial charge in [0, 0.05) is 16.2 Å². The zero-order valence-electron chi connectivity index (χ0n) is 6.91. The summed E-state index contributed by atoms with van der Waals surface area (Å²) in [6, 6.07) is 0. The zero-order chi connectivity index (χ0) is 9.46. The summed E-state index contributed by atoms with van der Waals surface area (Å²) < 4.78 is 26.3. The van der Waals surface area contributed by atoms with Crippen LogP contribution in [-0.4, -0.2) is 0 Å². The maximum atomic E-state index is 13.2. The van der Waals surface area contributed by atoms with Gasteiger partial charge in [-0.15, -0.1) is 18.5 Å². The second-order valence-electron chi connectivity index (χ2n) is 2.71. The molecule has 0 fully saturated rings. The predicted octanol–water partition coefficient (Wildman–Crippen LogP) is 1.58. The van der Waals surface area contributed by atoms with Crippen molar-refractivity contribution in [2.45, 2.75) is 13.8 Å². The Kier molecular flexibility index (Phi) is 2.81. The van der Waals surface area contributed by atoms with E-state index in [9.17, 15) is 8.78 Å². The van der Waals surface area contributed by atoms with Gasteiger partial charge < -0.3 is 0 Å². The summed E-state index contributed by atoms with van der Waals surface area (Å²) in [6.45, 7) is 3.13. The van der Waals surface area contributed by atoms with E-state index < -0.39 is 11.6 Å². The molecule has 0 heterocycles. The fraction of sp³-hybridized carbons (Fsp3) is 0.250. The molecule has 1 rings (SSSR count). The zero-order valence-corrected chi connectivity index (χ0v) is 9.22. The summed E-state index contributed by atoms with van der Waals surface area (Å²) in [5.41, 5.74) is 0.709. The molecular formula is C8H10F2P2. The molecule has 4 heteroatoms. The van der Waals surface area contributed by atoms with Gasteiger partial charge in [0.05, 0.1) is 0 Å². The van der Waals surface area contributed by atoms with Gasteiger partial charge in [0.2, 0.25) is 0 Å². The molecule has 1 aromatic carbocycles. The summed E-state index contributed by atoms with van der Waals surface area (Å²) in [6.07, 6.45) is 0. The van der Waals surface area contributed by atoms with Crippen LogP contribution in [0.2, 0.25) is 0 Å². The fourth-order valence-corrected chi connectivity index (χ4v) is 1.89. The van der Waals surface area contributed by atoms with Crippen LogP contribution in [0.25, 0.3) is 0 Å². The number of benzene rings is 1. The first-order chi connectivity index (χ1) is 5.46. The lowest BCUT2D eigenvalue weighted by Crippen LogP contribution is -2.19. The Morgan fingerprint density at radius 3 is 1.50 bits per heavy atom. The molecule has 0 saturated carbocycles. The lowest BCUT2D eigenvalue weighted by Gasteiger charge is -2.09. The van der Waals surface area contributed by atoms with Crippen molar-refractivity contribution in [3.63, 3.8) is 0 Å². The maximum absolute atomic E-state index is 13.2. The molecule has 0 amide bonds. The van der Waals surface area contributed by atoms with E-state index in [1.165, 1.54) is 6.92 Å². The molecule has 0 aliphatic carbocycles. The third-order valence-electron chi connectivity index (χ3n) is 1.94. The molecule has 0 N–H and O–H groups in total. The molecule has 2 atom stereocenters. The number of hydrogen-bond donors (Lipinski definition) is 0. The van der Waals surface area contributed by atoms with E-state index >= 15 is 0 Å².